The summed E-state index contributed by atoms with van der Waals surface area (Å²) in [7, 11) is 4.58. The first-order valence-corrected chi connectivity index (χ1v) is 12.3. The Hall–Kier alpha value is -4.56. The molecule has 0 unspecified atom stereocenters. The summed E-state index contributed by atoms with van der Waals surface area (Å²) in [6, 6.07) is 10.1. The quantitative estimate of drug-likeness (QED) is 0.224. The second kappa shape index (κ2) is 11.0. The number of hydroxylamine groups is 1. The molecule has 0 aliphatic rings. The Morgan fingerprint density at radius 3 is 2.36 bits per heavy atom. The SMILES string of the molecule is COc1cc(Nc2nc(N)c(-c3nc(-c4cccc(N(OC(C)(C)C)C(=O)O)c4)no3)s2)cc(OC)c1OC. The van der Waals surface area contributed by atoms with E-state index in [1.54, 1.807) is 57.2 Å². The molecule has 0 aliphatic carbocycles. The summed E-state index contributed by atoms with van der Waals surface area (Å²) >= 11 is 1.21. The zero-order valence-electron chi connectivity index (χ0n) is 22.1. The Labute approximate surface area is 228 Å². The average Bonchev–Trinajstić information content (AvgIpc) is 3.52. The lowest BCUT2D eigenvalue weighted by atomic mass is 10.2. The molecule has 13 nitrogen and oxygen atoms in total. The summed E-state index contributed by atoms with van der Waals surface area (Å²) < 4.78 is 21.6. The highest BCUT2D eigenvalue weighted by Gasteiger charge is 2.25. The van der Waals surface area contributed by atoms with Crippen molar-refractivity contribution in [2.75, 3.05) is 37.4 Å². The zero-order valence-corrected chi connectivity index (χ0v) is 23.0. The van der Waals surface area contributed by atoms with Crippen molar-refractivity contribution in [3.8, 4) is 39.4 Å². The van der Waals surface area contributed by atoms with E-state index in [4.69, 9.17) is 29.3 Å². The number of benzene rings is 2. The number of thiazole rings is 1. The number of carboxylic acid groups (broad SMARTS) is 1. The third kappa shape index (κ3) is 6.13. The van der Waals surface area contributed by atoms with Gasteiger partial charge in [0.25, 0.3) is 5.89 Å². The van der Waals surface area contributed by atoms with E-state index in [0.717, 1.165) is 5.06 Å². The third-order valence-electron chi connectivity index (χ3n) is 5.07. The first-order valence-electron chi connectivity index (χ1n) is 11.5. The summed E-state index contributed by atoms with van der Waals surface area (Å²) in [5.74, 6) is 1.99. The van der Waals surface area contributed by atoms with Gasteiger partial charge in [0.05, 0.1) is 32.6 Å². The van der Waals surface area contributed by atoms with Crippen molar-refractivity contribution in [3.05, 3.63) is 36.4 Å². The van der Waals surface area contributed by atoms with Crippen LogP contribution in [-0.4, -0.2) is 53.3 Å². The molecule has 0 bridgehead atoms. The van der Waals surface area contributed by atoms with E-state index >= 15 is 0 Å². The molecular weight excluding hydrogens is 528 g/mol. The summed E-state index contributed by atoms with van der Waals surface area (Å²) in [4.78, 5) is 26.6. The Morgan fingerprint density at radius 1 is 1.08 bits per heavy atom. The van der Waals surface area contributed by atoms with Crippen LogP contribution in [0.3, 0.4) is 0 Å². The van der Waals surface area contributed by atoms with Gasteiger partial charge in [0, 0.05) is 23.4 Å². The molecule has 4 N–H and O–H groups in total. The molecule has 0 saturated heterocycles. The van der Waals surface area contributed by atoms with Crippen LogP contribution in [0.4, 0.5) is 27.1 Å². The van der Waals surface area contributed by atoms with Gasteiger partial charge in [-0.2, -0.15) is 10.0 Å². The van der Waals surface area contributed by atoms with Crippen LogP contribution < -0.4 is 30.3 Å². The molecule has 4 aromatic rings. The summed E-state index contributed by atoms with van der Waals surface area (Å²) in [6.45, 7) is 5.26. The van der Waals surface area contributed by atoms with Crippen molar-refractivity contribution in [1.29, 1.82) is 0 Å². The molecule has 206 valence electrons. The lowest BCUT2D eigenvalue weighted by molar-refractivity contribution is -0.0156. The highest BCUT2D eigenvalue weighted by molar-refractivity contribution is 7.19. The molecule has 14 heteroatoms. The van der Waals surface area contributed by atoms with E-state index in [-0.39, 0.29) is 23.2 Å². The highest BCUT2D eigenvalue weighted by atomic mass is 32.1. The highest BCUT2D eigenvalue weighted by Crippen LogP contribution is 2.42. The minimum absolute atomic E-state index is 0.157. The van der Waals surface area contributed by atoms with E-state index in [9.17, 15) is 9.90 Å². The third-order valence-corrected chi connectivity index (χ3v) is 6.04. The van der Waals surface area contributed by atoms with Gasteiger partial charge in [-0.05, 0) is 32.9 Å². The molecule has 2 aromatic carbocycles. The van der Waals surface area contributed by atoms with Crippen molar-refractivity contribution in [2.45, 2.75) is 26.4 Å². The van der Waals surface area contributed by atoms with Crippen LogP contribution in [0.5, 0.6) is 17.2 Å². The van der Waals surface area contributed by atoms with Gasteiger partial charge in [-0.1, -0.05) is 28.6 Å². The van der Waals surface area contributed by atoms with Crippen LogP contribution in [0, 0.1) is 0 Å². The predicted octanol–water partition coefficient (Wildman–Crippen LogP) is 5.43. The van der Waals surface area contributed by atoms with Gasteiger partial charge in [-0.15, -0.1) is 0 Å². The number of methoxy groups -OCH3 is 3. The number of amides is 1. The molecule has 0 atom stereocenters. The number of nitrogens with zero attached hydrogens (tertiary/aromatic N) is 4. The number of hydrogen-bond acceptors (Lipinski definition) is 12. The molecule has 0 fully saturated rings. The van der Waals surface area contributed by atoms with Crippen LogP contribution >= 0.6 is 11.3 Å². The maximum Gasteiger partial charge on any atom is 0.436 e. The lowest BCUT2D eigenvalue weighted by Crippen LogP contribution is -2.37. The monoisotopic (exact) mass is 556 g/mol. The number of rotatable bonds is 9. The lowest BCUT2D eigenvalue weighted by Gasteiger charge is -2.27. The number of nitrogens with two attached hydrogens (primary N) is 1. The van der Waals surface area contributed by atoms with Gasteiger partial charge in [0.15, 0.2) is 16.6 Å². The number of carbonyl (C=O) groups is 1. The van der Waals surface area contributed by atoms with Gasteiger partial charge in [0.2, 0.25) is 11.6 Å². The van der Waals surface area contributed by atoms with Crippen molar-refractivity contribution in [3.63, 3.8) is 0 Å². The topological polar surface area (TPSA) is 167 Å². The minimum atomic E-state index is -1.26. The largest absolute Gasteiger partial charge is 0.493 e. The van der Waals surface area contributed by atoms with E-state index in [1.165, 1.54) is 32.7 Å². The molecule has 0 saturated carbocycles. The van der Waals surface area contributed by atoms with Crippen molar-refractivity contribution in [2.24, 2.45) is 0 Å². The maximum absolute atomic E-state index is 11.8. The number of nitrogen functional groups attached to an aromatic ring is 1. The number of nitrogens with one attached hydrogen (secondary N) is 1. The van der Waals surface area contributed by atoms with E-state index in [2.05, 4.69) is 20.4 Å². The second-order valence-electron chi connectivity index (χ2n) is 9.03. The molecule has 2 aromatic heterocycles. The number of anilines is 4. The number of ether oxygens (including phenoxy) is 3. The first kappa shape index (κ1) is 27.5. The van der Waals surface area contributed by atoms with Gasteiger partial charge in [-0.3, -0.25) is 4.84 Å². The second-order valence-corrected chi connectivity index (χ2v) is 10.0. The fourth-order valence-corrected chi connectivity index (χ4v) is 4.32. The van der Waals surface area contributed by atoms with Crippen molar-refractivity contribution in [1.82, 2.24) is 15.1 Å². The number of aromatic nitrogens is 3. The van der Waals surface area contributed by atoms with E-state index in [1.807, 2.05) is 0 Å². The van der Waals surface area contributed by atoms with Crippen LogP contribution in [-0.2, 0) is 4.84 Å². The molecule has 4 rings (SSSR count). The Morgan fingerprint density at radius 2 is 1.77 bits per heavy atom. The molecule has 0 aliphatic heterocycles. The number of hydrogen-bond donors (Lipinski definition) is 3. The van der Waals surface area contributed by atoms with Gasteiger partial charge in [-0.25, -0.2) is 9.78 Å². The van der Waals surface area contributed by atoms with Gasteiger partial charge in [0.1, 0.15) is 10.7 Å². The fraction of sp³-hybridized carbons (Fsp3) is 0.280. The maximum atomic E-state index is 11.8. The Kier molecular flexibility index (Phi) is 7.78. The van der Waals surface area contributed by atoms with E-state index < -0.39 is 11.7 Å². The molecule has 39 heavy (non-hydrogen) atoms. The smallest absolute Gasteiger partial charge is 0.436 e. The summed E-state index contributed by atoms with van der Waals surface area (Å²) in [6.07, 6.45) is -1.26. The summed E-state index contributed by atoms with van der Waals surface area (Å²) in [5.41, 5.74) is 6.87. The van der Waals surface area contributed by atoms with Crippen molar-refractivity contribution < 1.29 is 33.5 Å². The Balaban J connectivity index is 1.60. The van der Waals surface area contributed by atoms with E-state index in [0.29, 0.717) is 38.5 Å². The summed E-state index contributed by atoms with van der Waals surface area (Å²) in [5, 5.41) is 18.1. The standard InChI is InChI=1S/C25H28N6O7S/c1-25(2,3)38-31(24(32)33)15-9-7-8-13(10-15)21-29-22(37-30-21)19-20(26)28-23(39-19)27-14-11-16(34-4)18(36-6)17(12-14)35-5/h7-12H,26H2,1-6H3,(H,27,28)(H,32,33). The molecule has 0 spiro atoms. The normalized spacial score (nSPS) is 11.2. The van der Waals surface area contributed by atoms with Crippen molar-refractivity contribution >= 4 is 39.8 Å². The average molecular weight is 557 g/mol. The molecule has 0 radical (unpaired) electrons. The predicted molar refractivity (Wildman–Crippen MR) is 146 cm³/mol. The van der Waals surface area contributed by atoms with Gasteiger partial charge >= 0.3 is 6.09 Å². The van der Waals surface area contributed by atoms with Crippen LogP contribution in [0.2, 0.25) is 0 Å². The van der Waals surface area contributed by atoms with Gasteiger partial charge < -0.3 is 34.9 Å². The van der Waals surface area contributed by atoms with Crippen LogP contribution in [0.15, 0.2) is 40.9 Å². The fourth-order valence-electron chi connectivity index (χ4n) is 3.50. The molecule has 1 amide bonds. The Bertz CT molecular complexity index is 1450. The first-order chi connectivity index (χ1) is 18.5. The zero-order chi connectivity index (χ0) is 28.3. The van der Waals surface area contributed by atoms with Crippen LogP contribution in [0.1, 0.15) is 20.8 Å². The molecular formula is C25H28N6O7S. The van der Waals surface area contributed by atoms with Crippen LogP contribution in [0.25, 0.3) is 22.2 Å². The molecule has 2 heterocycles. The minimum Gasteiger partial charge on any atom is -0.493 e.